The number of hydrogen-bond donors (Lipinski definition) is 4. The number of rotatable bonds is 8. The van der Waals surface area contributed by atoms with Crippen molar-refractivity contribution in [3.8, 4) is 11.3 Å². The SMILES string of the molecule is CN(C)C/C=C/C(=O)Nc1cccc(NC(=O)N2CCCC(Nc3cc(-c4cnc5[nH]ccc5c4)ncn3)C2)c1. The molecular formula is C29H33N9O2. The normalized spacial score (nSPS) is 15.5. The molecule has 5 rings (SSSR count). The first-order valence-electron chi connectivity index (χ1n) is 13.2. The molecule has 1 aromatic carbocycles. The number of piperidine rings is 1. The van der Waals surface area contributed by atoms with Gasteiger partial charge in [0, 0.05) is 72.5 Å². The molecule has 4 N–H and O–H groups in total. The summed E-state index contributed by atoms with van der Waals surface area (Å²) >= 11 is 0. The molecule has 3 aromatic heterocycles. The number of nitrogens with zero attached hydrogens (tertiary/aromatic N) is 5. The predicted octanol–water partition coefficient (Wildman–Crippen LogP) is 4.18. The highest BCUT2D eigenvalue weighted by Crippen LogP contribution is 2.23. The molecule has 1 fully saturated rings. The quantitative estimate of drug-likeness (QED) is 0.247. The number of amides is 3. The molecule has 1 aliphatic rings. The summed E-state index contributed by atoms with van der Waals surface area (Å²) in [5, 5.41) is 10.3. The summed E-state index contributed by atoms with van der Waals surface area (Å²) in [7, 11) is 3.87. The highest BCUT2D eigenvalue weighted by molar-refractivity contribution is 6.00. The van der Waals surface area contributed by atoms with Gasteiger partial charge in [0.1, 0.15) is 17.8 Å². The van der Waals surface area contributed by atoms with E-state index in [4.69, 9.17) is 0 Å². The van der Waals surface area contributed by atoms with Gasteiger partial charge in [-0.2, -0.15) is 0 Å². The smallest absolute Gasteiger partial charge is 0.321 e. The number of aromatic nitrogens is 4. The van der Waals surface area contributed by atoms with E-state index >= 15 is 0 Å². The Hall–Kier alpha value is -4.77. The summed E-state index contributed by atoms with van der Waals surface area (Å²) in [5.41, 5.74) is 3.74. The third-order valence-electron chi connectivity index (χ3n) is 6.54. The highest BCUT2D eigenvalue weighted by Gasteiger charge is 2.24. The van der Waals surface area contributed by atoms with Gasteiger partial charge in [0.25, 0.3) is 0 Å². The molecule has 11 heteroatoms. The van der Waals surface area contributed by atoms with Gasteiger partial charge in [0.15, 0.2) is 0 Å². The van der Waals surface area contributed by atoms with E-state index in [0.717, 1.165) is 35.1 Å². The molecule has 4 aromatic rings. The van der Waals surface area contributed by atoms with Gasteiger partial charge in [-0.1, -0.05) is 12.1 Å². The number of H-pyrrole nitrogens is 1. The van der Waals surface area contributed by atoms with Crippen molar-refractivity contribution in [3.63, 3.8) is 0 Å². The van der Waals surface area contributed by atoms with E-state index < -0.39 is 0 Å². The van der Waals surface area contributed by atoms with E-state index in [0.29, 0.717) is 36.8 Å². The van der Waals surface area contributed by atoms with Crippen LogP contribution in [0.25, 0.3) is 22.3 Å². The van der Waals surface area contributed by atoms with Crippen LogP contribution >= 0.6 is 0 Å². The van der Waals surface area contributed by atoms with Crippen molar-refractivity contribution in [3.05, 3.63) is 73.3 Å². The number of fused-ring (bicyclic) bond motifs is 1. The van der Waals surface area contributed by atoms with Gasteiger partial charge in [0.2, 0.25) is 5.91 Å². The molecule has 206 valence electrons. The number of carbonyl (C=O) groups is 2. The second kappa shape index (κ2) is 12.4. The summed E-state index contributed by atoms with van der Waals surface area (Å²) in [5.74, 6) is 0.485. The van der Waals surface area contributed by atoms with Crippen molar-refractivity contribution < 1.29 is 9.59 Å². The number of pyridine rings is 1. The highest BCUT2D eigenvalue weighted by atomic mass is 16.2. The number of benzene rings is 1. The van der Waals surface area contributed by atoms with Crippen LogP contribution in [0.15, 0.2) is 73.3 Å². The minimum Gasteiger partial charge on any atom is -0.365 e. The Balaban J connectivity index is 1.17. The van der Waals surface area contributed by atoms with Crippen molar-refractivity contribution in [2.45, 2.75) is 18.9 Å². The average molecular weight is 540 g/mol. The number of aromatic amines is 1. The number of nitrogens with one attached hydrogen (secondary N) is 4. The van der Waals surface area contributed by atoms with E-state index in [1.54, 1.807) is 41.4 Å². The lowest BCUT2D eigenvalue weighted by Gasteiger charge is -2.33. The molecule has 4 heterocycles. The van der Waals surface area contributed by atoms with Gasteiger partial charge in [0.05, 0.1) is 5.69 Å². The maximum atomic E-state index is 13.1. The summed E-state index contributed by atoms with van der Waals surface area (Å²) in [4.78, 5) is 45.4. The van der Waals surface area contributed by atoms with Crippen molar-refractivity contribution in [1.82, 2.24) is 29.7 Å². The van der Waals surface area contributed by atoms with Gasteiger partial charge in [-0.25, -0.2) is 19.7 Å². The molecular weight excluding hydrogens is 506 g/mol. The average Bonchev–Trinajstić information content (AvgIpc) is 3.41. The molecule has 1 atom stereocenters. The standard InChI is InChI=1S/C29H33N9O2/c1-37(2)12-5-9-27(39)35-22-6-3-7-23(15-22)36-29(40)38-13-4-8-24(18-38)34-26-16-25(32-19-33-26)21-14-20-10-11-30-28(20)31-17-21/h3,5-7,9-11,14-17,19,24H,4,8,12-13,18H2,1-2H3,(H,30,31)(H,35,39)(H,36,40)(H,32,33,34)/b9-5+. The van der Waals surface area contributed by atoms with Gasteiger partial charge in [-0.3, -0.25) is 4.79 Å². The predicted molar refractivity (Wildman–Crippen MR) is 157 cm³/mol. The number of anilines is 3. The fourth-order valence-electron chi connectivity index (χ4n) is 4.59. The van der Waals surface area contributed by atoms with E-state index in [-0.39, 0.29) is 18.0 Å². The third kappa shape index (κ3) is 7.00. The minimum absolute atomic E-state index is 0.0482. The zero-order chi connectivity index (χ0) is 27.9. The van der Waals surface area contributed by atoms with Crippen LogP contribution in [-0.2, 0) is 4.79 Å². The van der Waals surface area contributed by atoms with E-state index in [1.807, 2.05) is 43.4 Å². The summed E-state index contributed by atoms with van der Waals surface area (Å²) in [6.45, 7) is 1.87. The van der Waals surface area contributed by atoms with E-state index in [2.05, 4.69) is 35.9 Å². The van der Waals surface area contributed by atoms with Crippen LogP contribution in [0.5, 0.6) is 0 Å². The van der Waals surface area contributed by atoms with Crippen molar-refractivity contribution in [2.75, 3.05) is 49.7 Å². The molecule has 3 amide bonds. The Morgan fingerprint density at radius 3 is 2.80 bits per heavy atom. The molecule has 0 radical (unpaired) electrons. The Morgan fingerprint density at radius 1 is 1.10 bits per heavy atom. The largest absolute Gasteiger partial charge is 0.365 e. The Kier molecular flexibility index (Phi) is 8.31. The van der Waals surface area contributed by atoms with Gasteiger partial charge < -0.3 is 30.7 Å². The Labute approximate surface area is 232 Å². The second-order valence-electron chi connectivity index (χ2n) is 10.0. The number of likely N-dealkylation sites (tertiary alicyclic amines) is 1. The lowest BCUT2D eigenvalue weighted by molar-refractivity contribution is -0.111. The first kappa shape index (κ1) is 26.8. The molecule has 1 aliphatic heterocycles. The molecule has 40 heavy (non-hydrogen) atoms. The monoisotopic (exact) mass is 539 g/mol. The molecule has 0 bridgehead atoms. The molecule has 1 unspecified atom stereocenters. The number of carbonyl (C=O) groups excluding carboxylic acids is 2. The van der Waals surface area contributed by atoms with Crippen LogP contribution in [0.1, 0.15) is 12.8 Å². The van der Waals surface area contributed by atoms with Crippen LogP contribution in [0.2, 0.25) is 0 Å². The number of hydrogen-bond acceptors (Lipinski definition) is 7. The van der Waals surface area contributed by atoms with Crippen LogP contribution in [0.4, 0.5) is 22.0 Å². The Morgan fingerprint density at radius 2 is 1.95 bits per heavy atom. The maximum absolute atomic E-state index is 13.1. The summed E-state index contributed by atoms with van der Waals surface area (Å²) in [6, 6.07) is 12.9. The van der Waals surface area contributed by atoms with Crippen molar-refractivity contribution >= 4 is 40.2 Å². The minimum atomic E-state index is -0.218. The van der Waals surface area contributed by atoms with Gasteiger partial charge in [-0.15, -0.1) is 0 Å². The summed E-state index contributed by atoms with van der Waals surface area (Å²) in [6.07, 6.45) is 10.3. The first-order valence-corrected chi connectivity index (χ1v) is 13.2. The fourth-order valence-corrected chi connectivity index (χ4v) is 4.59. The molecule has 0 aliphatic carbocycles. The topological polar surface area (TPSA) is 131 Å². The lowest BCUT2D eigenvalue weighted by atomic mass is 10.1. The van der Waals surface area contributed by atoms with Gasteiger partial charge >= 0.3 is 6.03 Å². The fraction of sp³-hybridized carbons (Fsp3) is 0.276. The van der Waals surface area contributed by atoms with E-state index in [1.165, 1.54) is 12.4 Å². The lowest BCUT2D eigenvalue weighted by Crippen LogP contribution is -2.46. The number of urea groups is 1. The zero-order valence-corrected chi connectivity index (χ0v) is 22.6. The van der Waals surface area contributed by atoms with Crippen LogP contribution in [-0.4, -0.2) is 81.4 Å². The number of likely N-dealkylation sites (N-methyl/N-ethyl adjacent to an activating group) is 1. The zero-order valence-electron chi connectivity index (χ0n) is 22.6. The molecule has 0 spiro atoms. The summed E-state index contributed by atoms with van der Waals surface area (Å²) < 4.78 is 0. The van der Waals surface area contributed by atoms with Crippen molar-refractivity contribution in [2.24, 2.45) is 0 Å². The van der Waals surface area contributed by atoms with Crippen LogP contribution in [0, 0.1) is 0 Å². The van der Waals surface area contributed by atoms with Crippen LogP contribution < -0.4 is 16.0 Å². The second-order valence-corrected chi connectivity index (χ2v) is 10.0. The Bertz CT molecular complexity index is 1510. The third-order valence-corrected chi connectivity index (χ3v) is 6.54. The maximum Gasteiger partial charge on any atom is 0.321 e. The molecule has 0 saturated carbocycles. The molecule has 11 nitrogen and oxygen atoms in total. The molecule has 1 saturated heterocycles. The first-order chi connectivity index (χ1) is 19.4. The van der Waals surface area contributed by atoms with Crippen LogP contribution in [0.3, 0.4) is 0 Å². The van der Waals surface area contributed by atoms with Crippen molar-refractivity contribution in [1.29, 1.82) is 0 Å². The van der Waals surface area contributed by atoms with E-state index in [9.17, 15) is 9.59 Å². The van der Waals surface area contributed by atoms with Gasteiger partial charge in [-0.05, 0) is 57.3 Å².